The van der Waals surface area contributed by atoms with Crippen molar-refractivity contribution in [2.75, 3.05) is 49.1 Å². The number of amides is 1. The van der Waals surface area contributed by atoms with Gasteiger partial charge in [-0.3, -0.25) is 4.79 Å². The van der Waals surface area contributed by atoms with Crippen LogP contribution in [0.1, 0.15) is 0 Å². The Bertz CT molecular complexity index is 909. The molecule has 10 heteroatoms. The third-order valence-electron chi connectivity index (χ3n) is 3.41. The Morgan fingerprint density at radius 2 is 1.81 bits per heavy atom. The number of carbonyl (C=O) groups is 1. The second-order valence-corrected chi connectivity index (χ2v) is 6.88. The summed E-state index contributed by atoms with van der Waals surface area (Å²) in [7, 11) is 7.51. The minimum atomic E-state index is -0.116. The van der Waals surface area contributed by atoms with E-state index in [1.165, 1.54) is 11.8 Å². The summed E-state index contributed by atoms with van der Waals surface area (Å²) < 4.78 is 1.74. The van der Waals surface area contributed by atoms with Gasteiger partial charge in [-0.25, -0.2) is 4.40 Å². The van der Waals surface area contributed by atoms with Gasteiger partial charge in [0.1, 0.15) is 0 Å². The topological polar surface area (TPSA) is 91.6 Å². The van der Waals surface area contributed by atoms with Crippen LogP contribution in [0.25, 0.3) is 5.78 Å². The van der Waals surface area contributed by atoms with Crippen molar-refractivity contribution in [2.24, 2.45) is 0 Å². The lowest BCUT2D eigenvalue weighted by molar-refractivity contribution is -0.113. The molecule has 0 spiro atoms. The van der Waals surface area contributed by atoms with Crippen molar-refractivity contribution in [3.63, 3.8) is 0 Å². The number of para-hydroxylation sites is 1. The van der Waals surface area contributed by atoms with Gasteiger partial charge in [0.2, 0.25) is 17.8 Å². The van der Waals surface area contributed by atoms with E-state index in [0.717, 1.165) is 5.69 Å². The number of fused-ring (bicyclic) bond motifs is 1. The summed E-state index contributed by atoms with van der Waals surface area (Å²) in [5.74, 6) is 1.73. The Balaban J connectivity index is 1.81. The summed E-state index contributed by atoms with van der Waals surface area (Å²) in [6.07, 6.45) is 0. The monoisotopic (exact) mass is 372 g/mol. The lowest BCUT2D eigenvalue weighted by atomic mass is 10.3. The van der Waals surface area contributed by atoms with Crippen LogP contribution in [0.5, 0.6) is 0 Å². The van der Waals surface area contributed by atoms with Crippen molar-refractivity contribution in [2.45, 2.75) is 5.16 Å². The molecule has 26 heavy (non-hydrogen) atoms. The van der Waals surface area contributed by atoms with Gasteiger partial charge >= 0.3 is 0 Å². The van der Waals surface area contributed by atoms with Gasteiger partial charge in [0.25, 0.3) is 5.78 Å². The van der Waals surface area contributed by atoms with E-state index >= 15 is 0 Å². The number of carbonyl (C=O) groups excluding carboxylic acids is 1. The average molecular weight is 372 g/mol. The number of nitrogens with one attached hydrogen (secondary N) is 1. The van der Waals surface area contributed by atoms with Crippen molar-refractivity contribution >= 4 is 41.0 Å². The molecule has 0 radical (unpaired) electrons. The molecule has 2 heterocycles. The molecular weight excluding hydrogens is 352 g/mol. The maximum absolute atomic E-state index is 12.2. The number of thioether (sulfide) groups is 1. The molecule has 9 nitrogen and oxygen atoms in total. The van der Waals surface area contributed by atoms with Crippen molar-refractivity contribution < 1.29 is 4.79 Å². The summed E-state index contributed by atoms with van der Waals surface area (Å²) in [4.78, 5) is 24.8. The van der Waals surface area contributed by atoms with Crippen LogP contribution < -0.4 is 15.1 Å². The number of hydrogen-bond donors (Lipinski definition) is 1. The predicted molar refractivity (Wildman–Crippen MR) is 103 cm³/mol. The SMILES string of the molecule is CN(C)c1nc(N(C)C)n2c(SCC(=O)Nc3ccccc3)nnc2n1. The quantitative estimate of drug-likeness (QED) is 0.649. The molecule has 0 fully saturated rings. The average Bonchev–Trinajstić information content (AvgIpc) is 3.03. The van der Waals surface area contributed by atoms with Gasteiger partial charge in [-0.15, -0.1) is 10.2 Å². The number of aromatic nitrogens is 5. The van der Waals surface area contributed by atoms with E-state index in [2.05, 4.69) is 25.5 Å². The first-order valence-electron chi connectivity index (χ1n) is 7.91. The highest BCUT2D eigenvalue weighted by Crippen LogP contribution is 2.23. The number of nitrogens with zero attached hydrogens (tertiary/aromatic N) is 7. The van der Waals surface area contributed by atoms with E-state index < -0.39 is 0 Å². The van der Waals surface area contributed by atoms with Crippen LogP contribution in [0, 0.1) is 0 Å². The molecule has 3 aromatic rings. The minimum absolute atomic E-state index is 0.116. The van der Waals surface area contributed by atoms with E-state index in [1.807, 2.05) is 68.3 Å². The predicted octanol–water partition coefficient (Wildman–Crippen LogP) is 1.38. The number of rotatable bonds is 6. The van der Waals surface area contributed by atoms with Gasteiger partial charge in [-0.05, 0) is 12.1 Å². The molecule has 0 aliphatic rings. The Labute approximate surface area is 155 Å². The Hall–Kier alpha value is -2.88. The van der Waals surface area contributed by atoms with Crippen molar-refractivity contribution in [1.82, 2.24) is 24.6 Å². The van der Waals surface area contributed by atoms with Crippen LogP contribution in [-0.4, -0.2) is 64.4 Å². The van der Waals surface area contributed by atoms with Crippen LogP contribution in [0.4, 0.5) is 17.6 Å². The molecule has 2 aromatic heterocycles. The summed E-state index contributed by atoms with van der Waals surface area (Å²) in [6.45, 7) is 0. The van der Waals surface area contributed by atoms with Crippen molar-refractivity contribution in [1.29, 1.82) is 0 Å². The zero-order chi connectivity index (χ0) is 18.7. The van der Waals surface area contributed by atoms with E-state index in [-0.39, 0.29) is 11.7 Å². The third-order valence-corrected chi connectivity index (χ3v) is 4.34. The molecule has 0 saturated carbocycles. The first-order valence-corrected chi connectivity index (χ1v) is 8.90. The van der Waals surface area contributed by atoms with Gasteiger partial charge in [-0.2, -0.15) is 9.97 Å². The molecule has 1 amide bonds. The van der Waals surface area contributed by atoms with Gasteiger partial charge < -0.3 is 15.1 Å². The molecular formula is C16H20N8OS. The Morgan fingerprint density at radius 3 is 2.46 bits per heavy atom. The molecule has 3 rings (SSSR count). The van der Waals surface area contributed by atoms with E-state index in [0.29, 0.717) is 22.8 Å². The van der Waals surface area contributed by atoms with E-state index in [4.69, 9.17) is 0 Å². The van der Waals surface area contributed by atoms with Gasteiger partial charge in [0, 0.05) is 33.9 Å². The standard InChI is InChI=1S/C16H20N8OS/c1-22(2)13-18-14-20-21-16(24(14)15(19-13)23(3)4)26-10-12(25)17-11-8-6-5-7-9-11/h5-9H,10H2,1-4H3,(H,17,25). The van der Waals surface area contributed by atoms with Gasteiger partial charge in [-0.1, -0.05) is 30.0 Å². The highest BCUT2D eigenvalue weighted by atomic mass is 32.2. The highest BCUT2D eigenvalue weighted by Gasteiger charge is 2.18. The summed E-state index contributed by atoms with van der Waals surface area (Å²) in [6, 6.07) is 9.33. The Morgan fingerprint density at radius 1 is 1.08 bits per heavy atom. The second-order valence-electron chi connectivity index (χ2n) is 5.93. The number of hydrogen-bond acceptors (Lipinski definition) is 8. The fourth-order valence-electron chi connectivity index (χ4n) is 2.21. The molecule has 0 aliphatic heterocycles. The van der Waals surface area contributed by atoms with E-state index in [9.17, 15) is 4.79 Å². The van der Waals surface area contributed by atoms with Crippen LogP contribution in [0.15, 0.2) is 35.5 Å². The molecule has 1 aromatic carbocycles. The van der Waals surface area contributed by atoms with Crippen molar-refractivity contribution in [3.05, 3.63) is 30.3 Å². The lowest BCUT2D eigenvalue weighted by Crippen LogP contribution is -2.20. The maximum Gasteiger partial charge on any atom is 0.261 e. The summed E-state index contributed by atoms with van der Waals surface area (Å²) in [5.41, 5.74) is 0.761. The molecule has 0 bridgehead atoms. The maximum atomic E-state index is 12.2. The Kier molecular flexibility index (Phi) is 5.21. The minimum Gasteiger partial charge on any atom is -0.348 e. The molecule has 0 atom stereocenters. The molecule has 1 N–H and O–H groups in total. The number of anilines is 3. The molecule has 136 valence electrons. The summed E-state index contributed by atoms with van der Waals surface area (Å²) >= 11 is 1.29. The van der Waals surface area contributed by atoms with Crippen LogP contribution in [-0.2, 0) is 4.79 Å². The lowest BCUT2D eigenvalue weighted by Gasteiger charge is -2.17. The van der Waals surface area contributed by atoms with Crippen molar-refractivity contribution in [3.8, 4) is 0 Å². The van der Waals surface area contributed by atoms with Crippen LogP contribution in [0.3, 0.4) is 0 Å². The third kappa shape index (κ3) is 3.85. The van der Waals surface area contributed by atoms with Gasteiger partial charge in [0.15, 0.2) is 5.16 Å². The molecule has 0 unspecified atom stereocenters. The zero-order valence-electron chi connectivity index (χ0n) is 15.0. The fourth-order valence-corrected chi connectivity index (χ4v) is 2.93. The first kappa shape index (κ1) is 17.9. The molecule has 0 aliphatic carbocycles. The second kappa shape index (κ2) is 7.56. The summed E-state index contributed by atoms with van der Waals surface area (Å²) in [5, 5.41) is 11.7. The fraction of sp³-hybridized carbons (Fsp3) is 0.312. The van der Waals surface area contributed by atoms with E-state index in [1.54, 1.807) is 4.40 Å². The van der Waals surface area contributed by atoms with Gasteiger partial charge in [0.05, 0.1) is 5.75 Å². The first-order chi connectivity index (χ1) is 12.5. The number of benzene rings is 1. The normalized spacial score (nSPS) is 10.8. The molecule has 0 saturated heterocycles. The highest BCUT2D eigenvalue weighted by molar-refractivity contribution is 7.99. The zero-order valence-corrected chi connectivity index (χ0v) is 15.9. The largest absolute Gasteiger partial charge is 0.348 e. The smallest absolute Gasteiger partial charge is 0.261 e. The van der Waals surface area contributed by atoms with Crippen LogP contribution in [0.2, 0.25) is 0 Å². The van der Waals surface area contributed by atoms with Crippen LogP contribution >= 0.6 is 11.8 Å².